The van der Waals surface area contributed by atoms with Gasteiger partial charge in [0.25, 0.3) is 0 Å². The first-order valence-electron chi connectivity index (χ1n) is 5.29. The topological polar surface area (TPSA) is 46.3 Å². The molecule has 1 heterocycles. The summed E-state index contributed by atoms with van der Waals surface area (Å²) in [5.74, 6) is 0.100. The van der Waals surface area contributed by atoms with Gasteiger partial charge in [0.2, 0.25) is 0 Å². The first-order valence-corrected chi connectivity index (χ1v) is 6.11. The highest BCUT2D eigenvalue weighted by molar-refractivity contribution is 7.14. The lowest BCUT2D eigenvalue weighted by Crippen LogP contribution is -2.21. The van der Waals surface area contributed by atoms with E-state index in [-0.39, 0.29) is 11.2 Å². The van der Waals surface area contributed by atoms with Crippen LogP contribution in [0.15, 0.2) is 6.07 Å². The van der Waals surface area contributed by atoms with Crippen LogP contribution in [-0.4, -0.2) is 31.3 Å². The molecule has 0 saturated carbocycles. The molecule has 0 aromatic carbocycles. The summed E-state index contributed by atoms with van der Waals surface area (Å²) in [5, 5.41) is 0. The van der Waals surface area contributed by atoms with Gasteiger partial charge in [-0.2, -0.15) is 0 Å². The summed E-state index contributed by atoms with van der Waals surface area (Å²) in [6, 6.07) is 1.92. The Hall–Kier alpha value is -0.870. The summed E-state index contributed by atoms with van der Waals surface area (Å²) in [4.78, 5) is 15.6. The Kier molecular flexibility index (Phi) is 3.76. The molecule has 0 aliphatic carbocycles. The Bertz CT molecular complexity index is 388. The van der Waals surface area contributed by atoms with E-state index in [2.05, 4.69) is 20.8 Å². The van der Waals surface area contributed by atoms with Crippen molar-refractivity contribution in [2.24, 2.45) is 0 Å². The zero-order valence-electron chi connectivity index (χ0n) is 10.6. The number of rotatable bonds is 3. The van der Waals surface area contributed by atoms with Crippen molar-refractivity contribution in [2.75, 3.05) is 26.4 Å². The zero-order valence-corrected chi connectivity index (χ0v) is 11.4. The molecule has 1 aromatic heterocycles. The highest BCUT2D eigenvalue weighted by Gasteiger charge is 2.21. The van der Waals surface area contributed by atoms with Gasteiger partial charge in [-0.05, 0) is 25.6 Å². The van der Waals surface area contributed by atoms with Crippen molar-refractivity contribution in [3.05, 3.63) is 15.8 Å². The molecule has 0 fully saturated rings. The largest absolute Gasteiger partial charge is 0.397 e. The molecule has 90 valence electrons. The molecule has 0 aliphatic rings. The van der Waals surface area contributed by atoms with Crippen molar-refractivity contribution in [2.45, 2.75) is 26.2 Å². The molecule has 0 saturated heterocycles. The Morgan fingerprint density at radius 3 is 2.38 bits per heavy atom. The van der Waals surface area contributed by atoms with Gasteiger partial charge < -0.3 is 10.6 Å². The monoisotopic (exact) mass is 240 g/mol. The van der Waals surface area contributed by atoms with Crippen LogP contribution < -0.4 is 5.73 Å². The van der Waals surface area contributed by atoms with E-state index in [4.69, 9.17) is 5.73 Å². The Morgan fingerprint density at radius 2 is 2.00 bits per heavy atom. The highest BCUT2D eigenvalue weighted by Crippen LogP contribution is 2.34. The molecular weight excluding hydrogens is 220 g/mol. The fraction of sp³-hybridized carbons (Fsp3) is 0.583. The van der Waals surface area contributed by atoms with Crippen molar-refractivity contribution < 1.29 is 4.79 Å². The molecule has 1 rings (SSSR count). The van der Waals surface area contributed by atoms with Crippen LogP contribution in [0.25, 0.3) is 0 Å². The van der Waals surface area contributed by atoms with Crippen LogP contribution in [0.1, 0.15) is 35.3 Å². The molecule has 0 bridgehead atoms. The Balaban J connectivity index is 2.99. The number of carbonyl (C=O) groups is 1. The van der Waals surface area contributed by atoms with Gasteiger partial charge >= 0.3 is 0 Å². The third-order valence-corrected chi connectivity index (χ3v) is 3.83. The van der Waals surface area contributed by atoms with Crippen molar-refractivity contribution in [1.82, 2.24) is 4.90 Å². The molecule has 3 nitrogen and oxygen atoms in total. The molecule has 0 amide bonds. The number of carbonyl (C=O) groups excluding carboxylic acids is 1. The second kappa shape index (κ2) is 4.55. The summed E-state index contributed by atoms with van der Waals surface area (Å²) in [6.07, 6.45) is 0. The van der Waals surface area contributed by atoms with E-state index in [9.17, 15) is 4.79 Å². The SMILES string of the molecule is CN(C)CC(=O)c1sc(C(C)(C)C)cc1N. The summed E-state index contributed by atoms with van der Waals surface area (Å²) >= 11 is 1.52. The van der Waals surface area contributed by atoms with Crippen LogP contribution in [0.2, 0.25) is 0 Å². The van der Waals surface area contributed by atoms with E-state index in [1.165, 1.54) is 11.3 Å². The van der Waals surface area contributed by atoms with E-state index in [1.54, 1.807) is 0 Å². The Labute approximate surface area is 101 Å². The predicted octanol–water partition coefficient (Wildman–Crippen LogP) is 2.37. The average Bonchev–Trinajstić information content (AvgIpc) is 2.44. The van der Waals surface area contributed by atoms with E-state index in [1.807, 2.05) is 25.1 Å². The van der Waals surface area contributed by atoms with Crippen LogP contribution >= 0.6 is 11.3 Å². The van der Waals surface area contributed by atoms with Gasteiger partial charge in [0, 0.05) is 4.88 Å². The first-order chi connectivity index (χ1) is 7.21. The molecule has 0 spiro atoms. The number of Topliss-reactive ketones (excluding diaryl/α,β-unsaturated/α-hetero) is 1. The predicted molar refractivity (Wildman–Crippen MR) is 70.3 cm³/mol. The highest BCUT2D eigenvalue weighted by atomic mass is 32.1. The van der Waals surface area contributed by atoms with Crippen LogP contribution in [0.4, 0.5) is 5.69 Å². The number of ketones is 1. The molecule has 1 aromatic rings. The van der Waals surface area contributed by atoms with Crippen molar-refractivity contribution >= 4 is 22.8 Å². The van der Waals surface area contributed by atoms with Crippen LogP contribution in [0.5, 0.6) is 0 Å². The maximum absolute atomic E-state index is 11.9. The second-order valence-electron chi connectivity index (χ2n) is 5.31. The number of anilines is 1. The average molecular weight is 240 g/mol. The lowest BCUT2D eigenvalue weighted by molar-refractivity contribution is 0.0962. The van der Waals surface area contributed by atoms with E-state index in [0.29, 0.717) is 17.1 Å². The third kappa shape index (κ3) is 3.06. The number of nitrogen functional groups attached to an aromatic ring is 1. The molecule has 0 radical (unpaired) electrons. The van der Waals surface area contributed by atoms with Gasteiger partial charge in [0.05, 0.1) is 17.1 Å². The number of thiophene rings is 1. The summed E-state index contributed by atoms with van der Waals surface area (Å²) in [7, 11) is 3.76. The maximum atomic E-state index is 11.9. The van der Waals surface area contributed by atoms with E-state index < -0.39 is 0 Å². The second-order valence-corrected chi connectivity index (χ2v) is 6.36. The third-order valence-electron chi connectivity index (χ3n) is 2.21. The lowest BCUT2D eigenvalue weighted by atomic mass is 9.94. The van der Waals surface area contributed by atoms with Crippen LogP contribution in [0.3, 0.4) is 0 Å². The minimum atomic E-state index is 0.0510. The van der Waals surface area contributed by atoms with E-state index in [0.717, 1.165) is 4.88 Å². The summed E-state index contributed by atoms with van der Waals surface area (Å²) < 4.78 is 0. The molecule has 4 heteroatoms. The fourth-order valence-electron chi connectivity index (χ4n) is 1.35. The van der Waals surface area contributed by atoms with Gasteiger partial charge in [-0.1, -0.05) is 20.8 Å². The maximum Gasteiger partial charge on any atom is 0.188 e. The molecule has 16 heavy (non-hydrogen) atoms. The molecule has 0 aliphatic heterocycles. The summed E-state index contributed by atoms with van der Waals surface area (Å²) in [6.45, 7) is 6.78. The van der Waals surface area contributed by atoms with E-state index >= 15 is 0 Å². The van der Waals surface area contributed by atoms with Gasteiger partial charge in [-0.3, -0.25) is 4.79 Å². The minimum absolute atomic E-state index is 0.0510. The van der Waals surface area contributed by atoms with Gasteiger partial charge in [-0.25, -0.2) is 0 Å². The zero-order chi connectivity index (χ0) is 12.5. The standard InChI is InChI=1S/C12H20N2OS/c1-12(2,3)10-6-8(13)11(16-10)9(15)7-14(4)5/h6H,7,13H2,1-5H3. The lowest BCUT2D eigenvalue weighted by Gasteiger charge is -2.15. The quantitative estimate of drug-likeness (QED) is 0.825. The number of likely N-dealkylation sites (N-methyl/N-ethyl adjacent to an activating group) is 1. The molecule has 0 unspecified atom stereocenters. The summed E-state index contributed by atoms with van der Waals surface area (Å²) in [5.41, 5.74) is 6.55. The first kappa shape index (κ1) is 13.2. The van der Waals surface area contributed by atoms with Gasteiger partial charge in [-0.15, -0.1) is 11.3 Å². The minimum Gasteiger partial charge on any atom is -0.397 e. The van der Waals surface area contributed by atoms with Crippen LogP contribution in [-0.2, 0) is 5.41 Å². The smallest absolute Gasteiger partial charge is 0.188 e. The molecular formula is C12H20N2OS. The number of hydrogen-bond donors (Lipinski definition) is 1. The molecule has 2 N–H and O–H groups in total. The number of nitrogens with two attached hydrogens (primary N) is 1. The van der Waals surface area contributed by atoms with Gasteiger partial charge in [0.1, 0.15) is 0 Å². The fourth-order valence-corrected chi connectivity index (χ4v) is 2.42. The number of nitrogens with zero attached hydrogens (tertiary/aromatic N) is 1. The van der Waals surface area contributed by atoms with Crippen LogP contribution in [0, 0.1) is 0 Å². The number of hydrogen-bond acceptors (Lipinski definition) is 4. The molecule has 0 atom stereocenters. The van der Waals surface area contributed by atoms with Crippen molar-refractivity contribution in [3.63, 3.8) is 0 Å². The normalized spacial score (nSPS) is 12.1. The van der Waals surface area contributed by atoms with Crippen molar-refractivity contribution in [3.8, 4) is 0 Å². The van der Waals surface area contributed by atoms with Crippen molar-refractivity contribution in [1.29, 1.82) is 0 Å². The Morgan fingerprint density at radius 1 is 1.44 bits per heavy atom. The van der Waals surface area contributed by atoms with Gasteiger partial charge in [0.15, 0.2) is 5.78 Å².